The Labute approximate surface area is 389 Å². The molecule has 15 heteroatoms. The highest BCUT2D eigenvalue weighted by molar-refractivity contribution is 5.89. The van der Waals surface area contributed by atoms with Crippen LogP contribution in [0.2, 0.25) is 0 Å². The molecule has 1 saturated carbocycles. The second-order valence-corrected chi connectivity index (χ2v) is 14.3. The van der Waals surface area contributed by atoms with E-state index in [0.717, 1.165) is 18.2 Å². The minimum absolute atomic E-state index is 0.165. The zero-order chi connectivity index (χ0) is 48.6. The topological polar surface area (TPSA) is 192 Å². The molecule has 67 heavy (non-hydrogen) atoms. The highest BCUT2D eigenvalue weighted by atomic mass is 16.6. The Morgan fingerprint density at radius 3 is 1.04 bits per heavy atom. The van der Waals surface area contributed by atoms with Crippen LogP contribution in [-0.2, 0) is 33.4 Å². The average Bonchev–Trinajstić information content (AvgIpc) is 3.32. The summed E-state index contributed by atoms with van der Waals surface area (Å²) in [6.45, 7) is 23.0. The van der Waals surface area contributed by atoms with Gasteiger partial charge in [0.2, 0.25) is 0 Å². The third kappa shape index (κ3) is 16.2. The standard InChI is InChI=1S/C52H54O15/c1-7-25-59-39-19-13-36(31-42(39)62-28-10-4)16-22-47(53)65-45-34-52(58,51(56)57)35-46(66-48(54)23-17-37-14-20-40(60-26-8-2)43(32-37)63-29-11-5)50(45)67-49(55)24-18-38-15-21-41(61-27-9-3)44(33-38)64-30-12-6/h7-24,31-33,45-46,50,58H,1-6,25-30,34-35H2,(H,56,57)/b22-16+,23-17+,24-18+/t45-,46-,50-,52+/m1/s1. The largest absolute Gasteiger partial charge is 0.486 e. The molecule has 0 heterocycles. The molecule has 1 fully saturated rings. The van der Waals surface area contributed by atoms with Crippen LogP contribution >= 0.6 is 0 Å². The lowest BCUT2D eigenvalue weighted by atomic mass is 9.79. The number of esters is 3. The Kier molecular flexibility index (Phi) is 20.5. The van der Waals surface area contributed by atoms with Crippen molar-refractivity contribution in [2.75, 3.05) is 39.6 Å². The van der Waals surface area contributed by atoms with Crippen molar-refractivity contribution in [1.82, 2.24) is 0 Å². The number of carbonyl (C=O) groups is 4. The van der Waals surface area contributed by atoms with Gasteiger partial charge in [-0.2, -0.15) is 0 Å². The molecule has 2 atom stereocenters. The van der Waals surface area contributed by atoms with Gasteiger partial charge in [-0.1, -0.05) is 94.1 Å². The monoisotopic (exact) mass is 918 g/mol. The fourth-order valence-electron chi connectivity index (χ4n) is 6.28. The first kappa shape index (κ1) is 51.6. The fourth-order valence-corrected chi connectivity index (χ4v) is 6.28. The molecule has 0 spiro atoms. The van der Waals surface area contributed by atoms with Crippen LogP contribution in [0.25, 0.3) is 18.2 Å². The van der Waals surface area contributed by atoms with E-state index < -0.39 is 60.6 Å². The summed E-state index contributed by atoms with van der Waals surface area (Å²) in [6.07, 6.45) is 10.3. The fraction of sp³-hybridized carbons (Fsp3) is 0.231. The maximum atomic E-state index is 13.6. The van der Waals surface area contributed by atoms with Gasteiger partial charge in [-0.05, 0) is 71.3 Å². The zero-order valence-corrected chi connectivity index (χ0v) is 37.0. The molecule has 0 aliphatic heterocycles. The number of carboxylic acids is 1. The Morgan fingerprint density at radius 1 is 0.478 bits per heavy atom. The minimum atomic E-state index is -2.60. The van der Waals surface area contributed by atoms with Gasteiger partial charge in [0.1, 0.15) is 51.8 Å². The molecule has 15 nitrogen and oxygen atoms in total. The summed E-state index contributed by atoms with van der Waals surface area (Å²) in [5.74, 6) is -2.41. The van der Waals surface area contributed by atoms with Crippen LogP contribution < -0.4 is 28.4 Å². The van der Waals surface area contributed by atoms with Crippen LogP contribution in [0.5, 0.6) is 34.5 Å². The van der Waals surface area contributed by atoms with Gasteiger partial charge < -0.3 is 52.8 Å². The second-order valence-electron chi connectivity index (χ2n) is 14.3. The lowest BCUT2D eigenvalue weighted by Crippen LogP contribution is -2.59. The molecule has 0 aromatic heterocycles. The summed E-state index contributed by atoms with van der Waals surface area (Å²) in [4.78, 5) is 53.1. The van der Waals surface area contributed by atoms with E-state index in [1.807, 2.05) is 0 Å². The highest BCUT2D eigenvalue weighted by Gasteiger charge is 2.54. The van der Waals surface area contributed by atoms with E-state index in [9.17, 15) is 29.4 Å². The van der Waals surface area contributed by atoms with Crippen LogP contribution in [0.15, 0.2) is 149 Å². The van der Waals surface area contributed by atoms with E-state index in [2.05, 4.69) is 39.5 Å². The van der Waals surface area contributed by atoms with Crippen molar-refractivity contribution in [2.24, 2.45) is 0 Å². The van der Waals surface area contributed by atoms with Gasteiger partial charge in [0.25, 0.3) is 0 Å². The van der Waals surface area contributed by atoms with Crippen molar-refractivity contribution in [3.63, 3.8) is 0 Å². The molecule has 0 radical (unpaired) electrons. The second kappa shape index (κ2) is 26.7. The maximum Gasteiger partial charge on any atom is 0.335 e. The Bertz CT molecular complexity index is 2250. The number of aliphatic carboxylic acids is 1. The summed E-state index contributed by atoms with van der Waals surface area (Å²) >= 11 is 0. The van der Waals surface area contributed by atoms with Crippen LogP contribution in [0.3, 0.4) is 0 Å². The predicted molar refractivity (Wildman–Crippen MR) is 252 cm³/mol. The number of carboxylic acid groups (broad SMARTS) is 1. The smallest absolute Gasteiger partial charge is 0.335 e. The Hall–Kier alpha value is -8.04. The van der Waals surface area contributed by atoms with E-state index in [0.29, 0.717) is 51.2 Å². The average molecular weight is 919 g/mol. The first-order valence-electron chi connectivity index (χ1n) is 20.8. The Balaban J connectivity index is 1.67. The molecular formula is C52H54O15. The normalized spacial score (nSPS) is 17.7. The number of aliphatic hydroxyl groups is 1. The summed E-state index contributed by atoms with van der Waals surface area (Å²) in [6, 6.07) is 14.6. The third-order valence-corrected chi connectivity index (χ3v) is 9.28. The van der Waals surface area contributed by atoms with E-state index in [4.69, 9.17) is 42.6 Å². The van der Waals surface area contributed by atoms with E-state index in [-0.39, 0.29) is 39.6 Å². The van der Waals surface area contributed by atoms with Gasteiger partial charge >= 0.3 is 23.9 Å². The van der Waals surface area contributed by atoms with Crippen molar-refractivity contribution < 1.29 is 72.0 Å². The number of carbonyl (C=O) groups excluding carboxylic acids is 3. The Morgan fingerprint density at radius 2 is 0.761 bits per heavy atom. The van der Waals surface area contributed by atoms with Crippen LogP contribution in [-0.4, -0.2) is 97.6 Å². The van der Waals surface area contributed by atoms with Gasteiger partial charge in [0.15, 0.2) is 46.2 Å². The van der Waals surface area contributed by atoms with Gasteiger partial charge in [0.05, 0.1) is 0 Å². The number of benzene rings is 3. The predicted octanol–water partition coefficient (Wildman–Crippen LogP) is 7.86. The van der Waals surface area contributed by atoms with Gasteiger partial charge in [-0.25, -0.2) is 19.2 Å². The summed E-state index contributed by atoms with van der Waals surface area (Å²) < 4.78 is 51.3. The van der Waals surface area contributed by atoms with Crippen LogP contribution in [0.1, 0.15) is 29.5 Å². The van der Waals surface area contributed by atoms with Crippen LogP contribution in [0.4, 0.5) is 0 Å². The molecule has 352 valence electrons. The van der Waals surface area contributed by atoms with Crippen molar-refractivity contribution in [3.05, 3.63) is 165 Å². The molecule has 0 amide bonds. The minimum Gasteiger partial charge on any atom is -0.486 e. The highest BCUT2D eigenvalue weighted by Crippen LogP contribution is 2.36. The molecule has 3 aromatic rings. The maximum absolute atomic E-state index is 13.6. The zero-order valence-electron chi connectivity index (χ0n) is 37.0. The van der Waals surface area contributed by atoms with Gasteiger partial charge in [-0.3, -0.25) is 0 Å². The molecule has 0 unspecified atom stereocenters. The first-order valence-corrected chi connectivity index (χ1v) is 20.8. The van der Waals surface area contributed by atoms with E-state index in [1.54, 1.807) is 91.1 Å². The first-order chi connectivity index (χ1) is 32.4. The molecule has 0 bridgehead atoms. The van der Waals surface area contributed by atoms with Gasteiger partial charge in [-0.15, -0.1) is 0 Å². The molecule has 0 saturated heterocycles. The van der Waals surface area contributed by atoms with Crippen molar-refractivity contribution in [3.8, 4) is 34.5 Å². The summed E-state index contributed by atoms with van der Waals surface area (Å²) in [5, 5.41) is 21.6. The molecule has 3 aromatic carbocycles. The van der Waals surface area contributed by atoms with Crippen LogP contribution in [0, 0.1) is 0 Å². The molecule has 1 aliphatic rings. The number of hydrogen-bond acceptors (Lipinski definition) is 14. The number of rotatable bonds is 28. The van der Waals surface area contributed by atoms with E-state index in [1.165, 1.54) is 18.2 Å². The SMILES string of the molecule is C=CCOc1ccc(/C=C/C(=O)O[C@@H]2C[C@](O)(C(=O)O)C[C@@H](OC(=O)/C=C/c3ccc(OCC=C)c(OCC=C)c3)[C@H]2OC(=O)/C=C/c2ccc(OCC=C)c(OCC=C)c2)cc1OCC=C. The van der Waals surface area contributed by atoms with Crippen molar-refractivity contribution in [2.45, 2.75) is 36.8 Å². The van der Waals surface area contributed by atoms with E-state index >= 15 is 0 Å². The number of hydrogen-bond donors (Lipinski definition) is 2. The summed E-state index contributed by atoms with van der Waals surface area (Å²) in [7, 11) is 0. The quantitative estimate of drug-likeness (QED) is 0.0309. The number of ether oxygens (including phenoxy) is 9. The van der Waals surface area contributed by atoms with Crippen molar-refractivity contribution in [1.29, 1.82) is 0 Å². The lowest BCUT2D eigenvalue weighted by molar-refractivity contribution is -0.211. The molecule has 4 rings (SSSR count). The summed E-state index contributed by atoms with van der Waals surface area (Å²) in [5.41, 5.74) is -1.15. The van der Waals surface area contributed by atoms with Crippen molar-refractivity contribution >= 4 is 42.1 Å². The molecule has 2 N–H and O–H groups in total. The van der Waals surface area contributed by atoms with Gasteiger partial charge in [0, 0.05) is 31.1 Å². The molecular weight excluding hydrogens is 865 g/mol. The molecule has 1 aliphatic carbocycles. The lowest BCUT2D eigenvalue weighted by Gasteiger charge is -2.41. The third-order valence-electron chi connectivity index (χ3n) is 9.28.